The first-order chi connectivity index (χ1) is 12.3. The van der Waals surface area contributed by atoms with Gasteiger partial charge in [-0.1, -0.05) is 51.1 Å². The van der Waals surface area contributed by atoms with Gasteiger partial charge in [0.25, 0.3) is 5.91 Å². The molecule has 1 aromatic rings. The van der Waals surface area contributed by atoms with Gasteiger partial charge >= 0.3 is 12.1 Å². The van der Waals surface area contributed by atoms with E-state index in [1.165, 1.54) is 0 Å². The highest BCUT2D eigenvalue weighted by Crippen LogP contribution is 2.32. The fourth-order valence-corrected chi connectivity index (χ4v) is 2.78. The summed E-state index contributed by atoms with van der Waals surface area (Å²) >= 11 is 0. The van der Waals surface area contributed by atoms with Gasteiger partial charge in [-0.15, -0.1) is 0 Å². The van der Waals surface area contributed by atoms with Crippen molar-refractivity contribution in [1.29, 1.82) is 0 Å². The number of imide groups is 2. The molecule has 1 aromatic carbocycles. The van der Waals surface area contributed by atoms with Crippen LogP contribution in [0.25, 0.3) is 0 Å². The van der Waals surface area contributed by atoms with Crippen LogP contribution in [0.5, 0.6) is 0 Å². The Morgan fingerprint density at radius 3 is 2.42 bits per heavy atom. The number of urea groups is 2. The summed E-state index contributed by atoms with van der Waals surface area (Å²) in [5.41, 5.74) is -0.545. The van der Waals surface area contributed by atoms with E-state index in [4.69, 9.17) is 0 Å². The Kier molecular flexibility index (Phi) is 5.97. The topological polar surface area (TPSA) is 108 Å². The highest BCUT2D eigenvalue weighted by molar-refractivity contribution is 6.10. The molecule has 1 aliphatic heterocycles. The predicted molar refractivity (Wildman–Crippen MR) is 95.0 cm³/mol. The monoisotopic (exact) mass is 360 g/mol. The Bertz CT molecular complexity index is 704. The van der Waals surface area contributed by atoms with E-state index in [2.05, 4.69) is 16.0 Å². The van der Waals surface area contributed by atoms with E-state index in [0.717, 1.165) is 4.90 Å². The summed E-state index contributed by atoms with van der Waals surface area (Å²) in [6, 6.07) is 7.57. The lowest BCUT2D eigenvalue weighted by atomic mass is 9.87. The molecule has 8 heteroatoms. The Morgan fingerprint density at radius 2 is 1.85 bits per heavy atom. The molecule has 8 nitrogen and oxygen atoms in total. The van der Waals surface area contributed by atoms with Gasteiger partial charge in [-0.2, -0.15) is 0 Å². The standard InChI is InChI=1S/C18H24N4O4/c1-4-18(13-8-6-5-7-9-13)15(24)22(17(26)21-18)11-14(23)20-16(25)19-10-12(2)3/h5-9,12H,4,10-11H2,1-3H3,(H,21,26)(H2,19,20,23,25)/t18-/m0/s1. The summed E-state index contributed by atoms with van der Waals surface area (Å²) < 4.78 is 0. The van der Waals surface area contributed by atoms with Crippen LogP contribution in [0.1, 0.15) is 32.8 Å². The molecule has 0 spiro atoms. The zero-order chi connectivity index (χ0) is 19.3. The maximum atomic E-state index is 12.9. The smallest absolute Gasteiger partial charge is 0.325 e. The lowest BCUT2D eigenvalue weighted by Crippen LogP contribution is -2.47. The number of amides is 6. The molecule has 140 valence electrons. The van der Waals surface area contributed by atoms with Gasteiger partial charge in [0.05, 0.1) is 0 Å². The third-order valence-corrected chi connectivity index (χ3v) is 4.20. The van der Waals surface area contributed by atoms with Gasteiger partial charge in [0.2, 0.25) is 5.91 Å². The van der Waals surface area contributed by atoms with Gasteiger partial charge in [-0.05, 0) is 17.9 Å². The van der Waals surface area contributed by atoms with Crippen molar-refractivity contribution in [2.24, 2.45) is 5.92 Å². The molecule has 0 radical (unpaired) electrons. The second kappa shape index (κ2) is 7.99. The van der Waals surface area contributed by atoms with E-state index in [9.17, 15) is 19.2 Å². The first-order valence-electron chi connectivity index (χ1n) is 8.57. The zero-order valence-corrected chi connectivity index (χ0v) is 15.2. The third-order valence-electron chi connectivity index (χ3n) is 4.20. The fourth-order valence-electron chi connectivity index (χ4n) is 2.78. The summed E-state index contributed by atoms with van der Waals surface area (Å²) in [6.45, 7) is 5.52. The molecule has 3 N–H and O–H groups in total. The van der Waals surface area contributed by atoms with Gasteiger partial charge < -0.3 is 10.6 Å². The zero-order valence-electron chi connectivity index (χ0n) is 15.2. The first-order valence-corrected chi connectivity index (χ1v) is 8.57. The summed E-state index contributed by atoms with van der Waals surface area (Å²) in [5.74, 6) is -0.999. The predicted octanol–water partition coefficient (Wildman–Crippen LogP) is 1.33. The van der Waals surface area contributed by atoms with Crippen LogP contribution in [0.3, 0.4) is 0 Å². The van der Waals surface area contributed by atoms with E-state index < -0.39 is 36.0 Å². The van der Waals surface area contributed by atoms with Crippen molar-refractivity contribution >= 4 is 23.9 Å². The van der Waals surface area contributed by atoms with E-state index >= 15 is 0 Å². The molecule has 1 fully saturated rings. The summed E-state index contributed by atoms with van der Waals surface area (Å²) in [6.07, 6.45) is 0.342. The molecule has 0 bridgehead atoms. The second-order valence-corrected chi connectivity index (χ2v) is 6.60. The van der Waals surface area contributed by atoms with Crippen molar-refractivity contribution in [1.82, 2.24) is 20.9 Å². The Hall–Kier alpha value is -2.90. The van der Waals surface area contributed by atoms with E-state index in [1.54, 1.807) is 31.2 Å². The largest absolute Gasteiger partial charge is 0.338 e. The molecule has 1 atom stereocenters. The van der Waals surface area contributed by atoms with Crippen LogP contribution in [0.2, 0.25) is 0 Å². The summed E-state index contributed by atoms with van der Waals surface area (Å²) in [7, 11) is 0. The lowest BCUT2D eigenvalue weighted by Gasteiger charge is -2.25. The molecule has 1 saturated heterocycles. The molecule has 0 saturated carbocycles. The quantitative estimate of drug-likeness (QED) is 0.665. The SMILES string of the molecule is CC[C@@]1(c2ccccc2)NC(=O)N(CC(=O)NC(=O)NCC(C)C)C1=O. The highest BCUT2D eigenvalue weighted by atomic mass is 16.2. The van der Waals surface area contributed by atoms with Gasteiger partial charge in [-0.3, -0.25) is 19.8 Å². The number of hydrogen-bond acceptors (Lipinski definition) is 4. The summed E-state index contributed by atoms with van der Waals surface area (Å²) in [4.78, 5) is 49.7. The maximum Gasteiger partial charge on any atom is 0.325 e. The van der Waals surface area contributed by atoms with Crippen LogP contribution in [0, 0.1) is 5.92 Å². The van der Waals surface area contributed by atoms with Crippen LogP contribution in [-0.4, -0.2) is 41.9 Å². The average molecular weight is 360 g/mol. The second-order valence-electron chi connectivity index (χ2n) is 6.60. The number of nitrogens with one attached hydrogen (secondary N) is 3. The Balaban J connectivity index is 2.07. The minimum atomic E-state index is -1.20. The van der Waals surface area contributed by atoms with Crippen molar-refractivity contribution in [3.63, 3.8) is 0 Å². The molecule has 1 heterocycles. The number of carbonyl (C=O) groups is 4. The van der Waals surface area contributed by atoms with Gasteiger partial charge in [-0.25, -0.2) is 9.59 Å². The molecule has 0 aliphatic carbocycles. The fraction of sp³-hybridized carbons (Fsp3) is 0.444. The molecule has 2 rings (SSSR count). The van der Waals surface area contributed by atoms with Crippen LogP contribution in [0.15, 0.2) is 30.3 Å². The molecular weight excluding hydrogens is 336 g/mol. The number of carbonyl (C=O) groups excluding carboxylic acids is 4. The molecular formula is C18H24N4O4. The van der Waals surface area contributed by atoms with Crippen molar-refractivity contribution in [2.75, 3.05) is 13.1 Å². The lowest BCUT2D eigenvalue weighted by molar-refractivity contribution is -0.135. The molecule has 0 aromatic heterocycles. The van der Waals surface area contributed by atoms with Crippen LogP contribution >= 0.6 is 0 Å². The van der Waals surface area contributed by atoms with Gasteiger partial charge in [0, 0.05) is 6.54 Å². The number of benzene rings is 1. The van der Waals surface area contributed by atoms with Gasteiger partial charge in [0.1, 0.15) is 12.1 Å². The molecule has 26 heavy (non-hydrogen) atoms. The molecule has 1 aliphatic rings. The third kappa shape index (κ3) is 4.01. The summed E-state index contributed by atoms with van der Waals surface area (Å²) in [5, 5.41) is 7.35. The van der Waals surface area contributed by atoms with Crippen molar-refractivity contribution in [2.45, 2.75) is 32.7 Å². The van der Waals surface area contributed by atoms with Crippen molar-refractivity contribution in [3.8, 4) is 0 Å². The van der Waals surface area contributed by atoms with Crippen molar-refractivity contribution in [3.05, 3.63) is 35.9 Å². The molecule has 0 unspecified atom stereocenters. The van der Waals surface area contributed by atoms with Crippen LogP contribution < -0.4 is 16.0 Å². The first kappa shape index (κ1) is 19.4. The average Bonchev–Trinajstić information content (AvgIpc) is 2.85. The normalized spacial score (nSPS) is 19.5. The number of rotatable bonds is 6. The van der Waals surface area contributed by atoms with Crippen molar-refractivity contribution < 1.29 is 19.2 Å². The number of nitrogens with zero attached hydrogens (tertiary/aromatic N) is 1. The minimum Gasteiger partial charge on any atom is -0.338 e. The minimum absolute atomic E-state index is 0.234. The van der Waals surface area contributed by atoms with Crippen LogP contribution in [-0.2, 0) is 15.1 Å². The van der Waals surface area contributed by atoms with E-state index in [1.807, 2.05) is 19.9 Å². The maximum absolute atomic E-state index is 12.9. The van der Waals surface area contributed by atoms with E-state index in [0.29, 0.717) is 18.5 Å². The Labute approximate surface area is 152 Å². The Morgan fingerprint density at radius 1 is 1.19 bits per heavy atom. The molecule has 6 amide bonds. The number of hydrogen-bond donors (Lipinski definition) is 3. The van der Waals surface area contributed by atoms with E-state index in [-0.39, 0.29) is 5.92 Å². The van der Waals surface area contributed by atoms with Gasteiger partial charge in [0.15, 0.2) is 0 Å². The highest BCUT2D eigenvalue weighted by Gasteiger charge is 2.51. The van der Waals surface area contributed by atoms with Crippen LogP contribution in [0.4, 0.5) is 9.59 Å².